The largest absolute Gasteiger partial charge is 0.494 e. The molecule has 4 heterocycles. The Kier molecular flexibility index (Phi) is 7.34. The molecule has 1 aliphatic heterocycles. The minimum atomic E-state index is -0.537. The van der Waals surface area contributed by atoms with Gasteiger partial charge in [0.05, 0.1) is 24.5 Å². The number of rotatable bonds is 7. The fraction of sp³-hybridized carbons (Fsp3) is 0.267. The van der Waals surface area contributed by atoms with E-state index in [0.29, 0.717) is 23.1 Å². The SMILES string of the molecule is COc1cc(N2C(=S)N[C@H](c3ccccn3)[C@@H]2c2cccn2Cc2cccnc2)ccc1NC(=O)C(C)(C)C. The summed E-state index contributed by atoms with van der Waals surface area (Å²) in [5.41, 5.74) is 3.98. The van der Waals surface area contributed by atoms with Gasteiger partial charge in [-0.2, -0.15) is 0 Å². The van der Waals surface area contributed by atoms with E-state index in [1.807, 2.05) is 75.5 Å². The number of nitrogens with zero attached hydrogens (tertiary/aromatic N) is 4. The maximum atomic E-state index is 12.7. The highest BCUT2D eigenvalue weighted by Crippen LogP contribution is 2.43. The van der Waals surface area contributed by atoms with Crippen molar-refractivity contribution in [1.82, 2.24) is 19.9 Å². The van der Waals surface area contributed by atoms with Gasteiger partial charge >= 0.3 is 0 Å². The minimum Gasteiger partial charge on any atom is -0.494 e. The van der Waals surface area contributed by atoms with Crippen molar-refractivity contribution in [1.29, 1.82) is 0 Å². The molecule has 2 N–H and O–H groups in total. The van der Waals surface area contributed by atoms with E-state index in [4.69, 9.17) is 17.0 Å². The number of anilines is 2. The first-order valence-electron chi connectivity index (χ1n) is 12.8. The van der Waals surface area contributed by atoms with Crippen molar-refractivity contribution in [3.63, 3.8) is 0 Å². The number of hydrogen-bond donors (Lipinski definition) is 2. The first-order chi connectivity index (χ1) is 18.8. The molecule has 1 saturated heterocycles. The van der Waals surface area contributed by atoms with Crippen molar-refractivity contribution >= 4 is 34.6 Å². The maximum Gasteiger partial charge on any atom is 0.229 e. The highest BCUT2D eigenvalue weighted by atomic mass is 32.1. The van der Waals surface area contributed by atoms with Crippen molar-refractivity contribution < 1.29 is 9.53 Å². The summed E-state index contributed by atoms with van der Waals surface area (Å²) in [7, 11) is 1.60. The van der Waals surface area contributed by atoms with Gasteiger partial charge in [-0.3, -0.25) is 14.8 Å². The summed E-state index contributed by atoms with van der Waals surface area (Å²) in [5.74, 6) is 0.465. The number of thiocarbonyl (C=S) groups is 1. The molecule has 3 aromatic heterocycles. The van der Waals surface area contributed by atoms with E-state index >= 15 is 0 Å². The van der Waals surface area contributed by atoms with E-state index in [2.05, 4.69) is 48.4 Å². The zero-order valence-electron chi connectivity index (χ0n) is 22.5. The van der Waals surface area contributed by atoms with E-state index in [0.717, 1.165) is 22.6 Å². The van der Waals surface area contributed by atoms with Crippen LogP contribution in [0.25, 0.3) is 0 Å². The van der Waals surface area contributed by atoms with E-state index in [1.165, 1.54) is 0 Å². The van der Waals surface area contributed by atoms with Crippen LogP contribution in [0, 0.1) is 5.41 Å². The summed E-state index contributed by atoms with van der Waals surface area (Å²) in [6, 6.07) is 19.4. The molecule has 9 heteroatoms. The summed E-state index contributed by atoms with van der Waals surface area (Å²) in [6.07, 6.45) is 7.53. The molecular formula is C30H32N6O2S. The molecule has 8 nitrogen and oxygen atoms in total. The molecule has 2 atom stereocenters. The summed E-state index contributed by atoms with van der Waals surface area (Å²) in [5, 5.41) is 7.08. The average molecular weight is 541 g/mol. The lowest BCUT2D eigenvalue weighted by atomic mass is 9.95. The number of benzene rings is 1. The van der Waals surface area contributed by atoms with Crippen LogP contribution in [0.1, 0.15) is 49.8 Å². The number of amides is 1. The predicted octanol–water partition coefficient (Wildman–Crippen LogP) is 5.50. The molecule has 39 heavy (non-hydrogen) atoms. The fourth-order valence-electron chi connectivity index (χ4n) is 4.70. The second-order valence-electron chi connectivity index (χ2n) is 10.5. The third-order valence-electron chi connectivity index (χ3n) is 6.73. The molecular weight excluding hydrogens is 508 g/mol. The van der Waals surface area contributed by atoms with Crippen molar-refractivity contribution in [3.05, 3.63) is 102 Å². The molecule has 0 aliphatic carbocycles. The van der Waals surface area contributed by atoms with Gasteiger partial charge in [-0.15, -0.1) is 0 Å². The lowest BCUT2D eigenvalue weighted by Gasteiger charge is -2.29. The summed E-state index contributed by atoms with van der Waals surface area (Å²) >= 11 is 5.91. The Bertz CT molecular complexity index is 1470. The average Bonchev–Trinajstić information content (AvgIpc) is 3.52. The number of carbonyl (C=O) groups is 1. The number of pyridine rings is 2. The van der Waals surface area contributed by atoms with Crippen molar-refractivity contribution in [3.8, 4) is 5.75 Å². The lowest BCUT2D eigenvalue weighted by molar-refractivity contribution is -0.123. The van der Waals surface area contributed by atoms with Crippen LogP contribution in [-0.4, -0.2) is 32.7 Å². The number of methoxy groups -OCH3 is 1. The first-order valence-corrected chi connectivity index (χ1v) is 13.2. The van der Waals surface area contributed by atoms with Gasteiger partial charge in [0.25, 0.3) is 0 Å². The van der Waals surface area contributed by atoms with Gasteiger partial charge < -0.3 is 24.8 Å². The van der Waals surface area contributed by atoms with Crippen LogP contribution in [0.3, 0.4) is 0 Å². The van der Waals surface area contributed by atoms with Crippen LogP contribution < -0.4 is 20.3 Å². The molecule has 1 amide bonds. The van der Waals surface area contributed by atoms with Crippen molar-refractivity contribution in [2.45, 2.75) is 39.4 Å². The second-order valence-corrected chi connectivity index (χ2v) is 10.9. The number of ether oxygens (including phenoxy) is 1. The van der Waals surface area contributed by atoms with Crippen LogP contribution in [0.15, 0.2) is 85.5 Å². The van der Waals surface area contributed by atoms with Crippen LogP contribution in [-0.2, 0) is 11.3 Å². The number of nitrogens with one attached hydrogen (secondary N) is 2. The van der Waals surface area contributed by atoms with Gasteiger partial charge in [-0.05, 0) is 60.2 Å². The molecule has 0 unspecified atom stereocenters. The summed E-state index contributed by atoms with van der Waals surface area (Å²) in [4.78, 5) is 23.7. The van der Waals surface area contributed by atoms with Crippen molar-refractivity contribution in [2.75, 3.05) is 17.3 Å². The highest BCUT2D eigenvalue weighted by Gasteiger charge is 2.42. The van der Waals surface area contributed by atoms with Gasteiger partial charge in [-0.1, -0.05) is 32.9 Å². The Labute approximate surface area is 234 Å². The Morgan fingerprint density at radius 2 is 1.95 bits per heavy atom. The van der Waals surface area contributed by atoms with Gasteiger partial charge in [0.2, 0.25) is 5.91 Å². The minimum absolute atomic E-state index is 0.0896. The summed E-state index contributed by atoms with van der Waals surface area (Å²) in [6.45, 7) is 6.30. The van der Waals surface area contributed by atoms with Crippen LogP contribution in [0.5, 0.6) is 5.75 Å². The normalized spacial score (nSPS) is 17.1. The maximum absolute atomic E-state index is 12.7. The van der Waals surface area contributed by atoms with E-state index in [9.17, 15) is 4.79 Å². The van der Waals surface area contributed by atoms with E-state index in [-0.39, 0.29) is 18.0 Å². The van der Waals surface area contributed by atoms with E-state index in [1.54, 1.807) is 19.5 Å². The molecule has 0 spiro atoms. The number of hydrogen-bond acceptors (Lipinski definition) is 5. The zero-order chi connectivity index (χ0) is 27.6. The molecule has 200 valence electrons. The Balaban J connectivity index is 1.56. The second kappa shape index (κ2) is 10.9. The standard InChI is InChI=1S/C30H32N6O2S/c1-30(2,3)28(37)33-22-13-12-21(17-25(22)38-4)36-27(26(34-29(36)39)23-10-5-6-15-32-23)24-11-8-16-35(24)19-20-9-7-14-31-18-20/h5-18,26-27H,19H2,1-4H3,(H,33,37)(H,34,39)/t26-,27+/m1/s1. The van der Waals surface area contributed by atoms with Crippen LogP contribution in [0.4, 0.5) is 11.4 Å². The molecule has 5 rings (SSSR count). The molecule has 4 aromatic rings. The number of carbonyl (C=O) groups excluding carboxylic acids is 1. The third-order valence-corrected chi connectivity index (χ3v) is 7.05. The van der Waals surface area contributed by atoms with Gasteiger partial charge in [0, 0.05) is 54.2 Å². The Morgan fingerprint density at radius 1 is 1.10 bits per heavy atom. The van der Waals surface area contributed by atoms with Crippen LogP contribution in [0.2, 0.25) is 0 Å². The quantitative estimate of drug-likeness (QED) is 0.300. The first kappa shape index (κ1) is 26.4. The fourth-order valence-corrected chi connectivity index (χ4v) is 5.05. The molecule has 0 radical (unpaired) electrons. The topological polar surface area (TPSA) is 84.3 Å². The van der Waals surface area contributed by atoms with Gasteiger partial charge in [-0.25, -0.2) is 0 Å². The highest BCUT2D eigenvalue weighted by molar-refractivity contribution is 7.80. The van der Waals surface area contributed by atoms with Crippen LogP contribution >= 0.6 is 12.2 Å². The molecule has 1 fully saturated rings. The molecule has 0 saturated carbocycles. The zero-order valence-corrected chi connectivity index (χ0v) is 23.3. The lowest BCUT2D eigenvalue weighted by Crippen LogP contribution is -2.31. The van der Waals surface area contributed by atoms with Gasteiger partial charge in [0.15, 0.2) is 5.11 Å². The Morgan fingerprint density at radius 3 is 2.64 bits per heavy atom. The Hall–Kier alpha value is -4.24. The molecule has 0 bridgehead atoms. The van der Waals surface area contributed by atoms with Crippen molar-refractivity contribution in [2.24, 2.45) is 5.41 Å². The van der Waals surface area contributed by atoms with E-state index < -0.39 is 5.41 Å². The summed E-state index contributed by atoms with van der Waals surface area (Å²) < 4.78 is 7.92. The molecule has 1 aromatic carbocycles. The smallest absolute Gasteiger partial charge is 0.229 e. The van der Waals surface area contributed by atoms with Gasteiger partial charge in [0.1, 0.15) is 11.8 Å². The predicted molar refractivity (Wildman–Crippen MR) is 157 cm³/mol. The monoisotopic (exact) mass is 540 g/mol. The number of aromatic nitrogens is 3. The third kappa shape index (κ3) is 5.49. The molecule has 1 aliphatic rings.